The quantitative estimate of drug-likeness (QED) is 0.468. The van der Waals surface area contributed by atoms with E-state index >= 15 is 0 Å². The van der Waals surface area contributed by atoms with Crippen molar-refractivity contribution in [2.75, 3.05) is 0 Å². The molecule has 0 saturated heterocycles. The van der Waals surface area contributed by atoms with Crippen molar-refractivity contribution in [1.82, 2.24) is 0 Å². The summed E-state index contributed by atoms with van der Waals surface area (Å²) in [5.41, 5.74) is 0. The van der Waals surface area contributed by atoms with Crippen molar-refractivity contribution in [3.05, 3.63) is 0 Å². The second-order valence-electron chi connectivity index (χ2n) is 0.610. The predicted octanol–water partition coefficient (Wildman–Crippen LogP) is -1.09. The maximum atomic E-state index is 9.67. The molecule has 0 atom stereocenters. The van der Waals surface area contributed by atoms with Crippen LogP contribution in [-0.4, -0.2) is 39.3 Å². The summed E-state index contributed by atoms with van der Waals surface area (Å²) in [7, 11) is -4.21. The van der Waals surface area contributed by atoms with Gasteiger partial charge in [-0.05, 0) is 0 Å². The van der Waals surface area contributed by atoms with Crippen molar-refractivity contribution in [2.45, 2.75) is 0 Å². The number of hydrogen-bond donors (Lipinski definition) is 2. The normalized spacial score (nSPS) is 10.9. The van der Waals surface area contributed by atoms with E-state index in [4.69, 9.17) is 9.79 Å². The average Bonchev–Trinajstić information content (AvgIpc) is 1.30. The van der Waals surface area contributed by atoms with Gasteiger partial charge in [0, 0.05) is 0 Å². The Bertz CT molecular complexity index is 90.0. The molecule has 0 aliphatic rings. The molecule has 0 radical (unpaired) electrons. The summed E-state index contributed by atoms with van der Waals surface area (Å²) < 4.78 is 13.5. The molecule has 48 valence electrons. The third kappa shape index (κ3) is 11.0. The monoisotopic (exact) mass is 232 g/mol. The third-order valence-electron chi connectivity index (χ3n) is 0.108. The fraction of sp³-hybridized carbons (Fsp3) is 0. The molecule has 8 heteroatoms. The van der Waals surface area contributed by atoms with E-state index in [-0.39, 0.29) is 43.0 Å². The molecule has 0 aromatic heterocycles. The zero-order valence-corrected chi connectivity index (χ0v) is 6.07. The zero-order chi connectivity index (χ0) is 5.91. The van der Waals surface area contributed by atoms with Gasteiger partial charge in [-0.25, -0.2) is 0 Å². The predicted molar refractivity (Wildman–Crippen MR) is 20.3 cm³/mol. The van der Waals surface area contributed by atoms with Crippen LogP contribution < -0.4 is 0 Å². The van der Waals surface area contributed by atoms with E-state index in [0.717, 1.165) is 0 Å². The van der Waals surface area contributed by atoms with E-state index in [1.165, 1.54) is 0 Å². The van der Waals surface area contributed by atoms with Crippen molar-refractivity contribution in [3.8, 4) is 0 Å². The molecule has 0 aromatic rings. The Morgan fingerprint density at radius 1 is 1.62 bits per heavy atom. The van der Waals surface area contributed by atoms with Crippen molar-refractivity contribution in [1.29, 1.82) is 0 Å². The summed E-state index contributed by atoms with van der Waals surface area (Å²) in [5, 5.41) is 0. The second-order valence-corrected chi connectivity index (χ2v) is 3.20. The molecule has 0 heterocycles. The fourth-order valence-corrected chi connectivity index (χ4v) is 1.62. The summed E-state index contributed by atoms with van der Waals surface area (Å²) >= 11 is 2.53. The summed E-state index contributed by atoms with van der Waals surface area (Å²) in [6.07, 6.45) is 0. The maximum absolute atomic E-state index is 9.67. The summed E-state index contributed by atoms with van der Waals surface area (Å²) in [4.78, 5) is 15.8. The van der Waals surface area contributed by atoms with Crippen LogP contribution in [0.1, 0.15) is 0 Å². The standard InChI is InChI=1S/Fe.Mn.Na.H3O4P.H/c;;;1-5(2,3)4;/h;;;(H3,1,2,3,4);/q+1;;;;/p-1. The Labute approximate surface area is 82.1 Å². The van der Waals surface area contributed by atoms with Gasteiger partial charge < -0.3 is 0 Å². The van der Waals surface area contributed by atoms with Crippen molar-refractivity contribution < 1.29 is 45.6 Å². The van der Waals surface area contributed by atoms with Crippen LogP contribution in [0.5, 0.6) is 0 Å². The fourth-order valence-electron chi connectivity index (χ4n) is 0.0318. The van der Waals surface area contributed by atoms with Gasteiger partial charge in [0.1, 0.15) is 0 Å². The summed E-state index contributed by atoms with van der Waals surface area (Å²) in [6.45, 7) is 0. The first-order chi connectivity index (χ1) is 3.06. The van der Waals surface area contributed by atoms with Crippen LogP contribution in [0.25, 0.3) is 0 Å². The van der Waals surface area contributed by atoms with Crippen LogP contribution in [0, 0.1) is 0 Å². The van der Waals surface area contributed by atoms with E-state index in [1.54, 1.807) is 0 Å². The van der Waals surface area contributed by atoms with Crippen LogP contribution >= 0.6 is 7.82 Å². The molecule has 0 aromatic carbocycles. The van der Waals surface area contributed by atoms with Crippen LogP contribution in [0.2, 0.25) is 0 Å². The Kier molecular flexibility index (Phi) is 9.43. The number of rotatable bonds is 2. The van der Waals surface area contributed by atoms with Gasteiger partial charge in [0.25, 0.3) is 0 Å². The molecule has 0 fully saturated rings. The van der Waals surface area contributed by atoms with E-state index in [2.05, 4.69) is 17.8 Å². The van der Waals surface area contributed by atoms with Crippen LogP contribution in [-0.2, 0) is 35.8 Å². The SMILES string of the molecule is O=P(O)(O)[O][Fe][Mn].[NaH]. The van der Waals surface area contributed by atoms with Gasteiger partial charge in [-0.3, -0.25) is 0 Å². The molecule has 0 aliphatic heterocycles. The minimum absolute atomic E-state index is 0. The molecule has 8 heavy (non-hydrogen) atoms. The zero-order valence-electron chi connectivity index (χ0n) is 2.89. The Balaban J connectivity index is 0. The van der Waals surface area contributed by atoms with Crippen LogP contribution in [0.4, 0.5) is 0 Å². The van der Waals surface area contributed by atoms with E-state index in [0.29, 0.717) is 0 Å². The number of phosphoric acid groups is 1. The first-order valence-electron chi connectivity index (χ1n) is 1.04. The Morgan fingerprint density at radius 2 is 2.00 bits per heavy atom. The van der Waals surface area contributed by atoms with Gasteiger partial charge in [0.2, 0.25) is 0 Å². The Hall–Kier alpha value is 2.15. The van der Waals surface area contributed by atoms with Crippen LogP contribution in [0.3, 0.4) is 0 Å². The summed E-state index contributed by atoms with van der Waals surface area (Å²) in [6, 6.07) is 0. The van der Waals surface area contributed by atoms with Gasteiger partial charge in [-0.2, -0.15) is 0 Å². The molecule has 0 unspecified atom stereocenters. The molecule has 0 spiro atoms. The van der Waals surface area contributed by atoms with Gasteiger partial charge in [0.15, 0.2) is 0 Å². The average molecular weight is 232 g/mol. The van der Waals surface area contributed by atoms with Crippen molar-refractivity contribution >= 4 is 37.4 Å². The topological polar surface area (TPSA) is 66.8 Å². The van der Waals surface area contributed by atoms with E-state index < -0.39 is 7.82 Å². The van der Waals surface area contributed by atoms with Crippen molar-refractivity contribution in [2.24, 2.45) is 0 Å². The molecular weight excluding hydrogens is 229 g/mol. The number of hydrogen-bond acceptors (Lipinski definition) is 2. The molecule has 0 rings (SSSR count). The molecule has 4 nitrogen and oxygen atoms in total. The second kappa shape index (κ2) is 5.90. The van der Waals surface area contributed by atoms with Gasteiger partial charge >= 0.3 is 83.0 Å². The van der Waals surface area contributed by atoms with Gasteiger partial charge in [-0.15, -0.1) is 0 Å². The summed E-state index contributed by atoms with van der Waals surface area (Å²) in [5.74, 6) is 0. The van der Waals surface area contributed by atoms with Crippen molar-refractivity contribution in [3.63, 3.8) is 0 Å². The van der Waals surface area contributed by atoms with Gasteiger partial charge in [0.05, 0.1) is 0 Å². The molecular formula is H3FeMnNaO4P. The Morgan fingerprint density at radius 3 is 2.00 bits per heavy atom. The molecule has 0 amide bonds. The molecule has 2 N–H and O–H groups in total. The van der Waals surface area contributed by atoms with Gasteiger partial charge in [-0.1, -0.05) is 0 Å². The molecule has 0 saturated carbocycles. The van der Waals surface area contributed by atoms with Crippen LogP contribution in [0.15, 0.2) is 0 Å². The first kappa shape index (κ1) is 12.8. The third-order valence-corrected chi connectivity index (χ3v) is 2.28. The molecule has 0 bridgehead atoms. The van der Waals surface area contributed by atoms with E-state index in [1.807, 2.05) is 0 Å². The molecule has 0 aliphatic carbocycles. The van der Waals surface area contributed by atoms with E-state index in [9.17, 15) is 4.57 Å². The first-order valence-corrected chi connectivity index (χ1v) is 5.16. The minimum atomic E-state index is -4.21.